The van der Waals surface area contributed by atoms with Crippen molar-refractivity contribution in [2.24, 2.45) is 0 Å². The van der Waals surface area contributed by atoms with Crippen LogP contribution in [-0.2, 0) is 4.74 Å². The fourth-order valence-corrected chi connectivity index (χ4v) is 0.445. The molecule has 0 amide bonds. The fraction of sp³-hybridized carbons (Fsp3) is 0.571. The highest BCUT2D eigenvalue weighted by Gasteiger charge is 1.92. The summed E-state index contributed by atoms with van der Waals surface area (Å²) in [5.41, 5.74) is 0. The van der Waals surface area contributed by atoms with E-state index in [4.69, 9.17) is 5.11 Å². The quantitative estimate of drug-likeness (QED) is 0.369. The Hall–Kier alpha value is -1.17. The van der Waals surface area contributed by atoms with E-state index in [1.54, 1.807) is 6.92 Å². The average Bonchev–Trinajstić information content (AvgIpc) is 1.87. The third-order valence-electron chi connectivity index (χ3n) is 0.848. The summed E-state index contributed by atoms with van der Waals surface area (Å²) in [6.07, 6.45) is 0.154. The summed E-state index contributed by atoms with van der Waals surface area (Å²) in [5.74, 6) is 5.50. The summed E-state index contributed by atoms with van der Waals surface area (Å²) >= 11 is 0. The average molecular weight is 142 g/mol. The second kappa shape index (κ2) is 5.96. The molecule has 0 radical (unpaired) electrons. The number of ether oxygens (including phenoxy) is 1. The zero-order valence-electron chi connectivity index (χ0n) is 5.89. The van der Waals surface area contributed by atoms with E-state index in [9.17, 15) is 4.79 Å². The van der Waals surface area contributed by atoms with Crippen LogP contribution >= 0.6 is 0 Å². The predicted molar refractivity (Wildman–Crippen MR) is 36.7 cm³/mol. The van der Waals surface area contributed by atoms with Crippen molar-refractivity contribution >= 4 is 6.16 Å². The first kappa shape index (κ1) is 8.83. The van der Waals surface area contributed by atoms with Gasteiger partial charge in [0.05, 0.1) is 6.61 Å². The number of carboxylic acid groups (broad SMARTS) is 1. The molecule has 0 spiro atoms. The maximum Gasteiger partial charge on any atom is 0.505 e. The largest absolute Gasteiger partial charge is 0.505 e. The minimum absolute atomic E-state index is 0.240. The molecular formula is C7H10O3. The highest BCUT2D eigenvalue weighted by molar-refractivity contribution is 5.56. The minimum atomic E-state index is -1.22. The Morgan fingerprint density at radius 2 is 2.40 bits per heavy atom. The zero-order valence-corrected chi connectivity index (χ0v) is 5.89. The second-order valence-corrected chi connectivity index (χ2v) is 1.64. The molecule has 0 bridgehead atoms. The lowest BCUT2D eigenvalue weighted by atomic mass is 10.3. The lowest BCUT2D eigenvalue weighted by Crippen LogP contribution is -2.00. The third kappa shape index (κ3) is 6.83. The molecule has 56 valence electrons. The molecule has 0 heterocycles. The van der Waals surface area contributed by atoms with Crippen molar-refractivity contribution in [1.82, 2.24) is 0 Å². The molecular weight excluding hydrogens is 132 g/mol. The Balaban J connectivity index is 3.03. The van der Waals surface area contributed by atoms with E-state index < -0.39 is 6.16 Å². The van der Waals surface area contributed by atoms with Crippen molar-refractivity contribution < 1.29 is 14.6 Å². The molecule has 0 aromatic rings. The van der Waals surface area contributed by atoms with E-state index >= 15 is 0 Å². The Morgan fingerprint density at radius 3 is 2.90 bits per heavy atom. The van der Waals surface area contributed by atoms with E-state index in [0.717, 1.165) is 0 Å². The lowest BCUT2D eigenvalue weighted by molar-refractivity contribution is 0.0910. The van der Waals surface area contributed by atoms with Gasteiger partial charge in [0.1, 0.15) is 0 Å². The van der Waals surface area contributed by atoms with Gasteiger partial charge in [-0.2, -0.15) is 0 Å². The van der Waals surface area contributed by atoms with E-state index in [0.29, 0.717) is 12.8 Å². The fourth-order valence-electron chi connectivity index (χ4n) is 0.445. The summed E-state index contributed by atoms with van der Waals surface area (Å²) in [6.45, 7) is 1.99. The van der Waals surface area contributed by atoms with Gasteiger partial charge in [0.2, 0.25) is 0 Å². The molecule has 3 heteroatoms. The van der Waals surface area contributed by atoms with Crippen LogP contribution in [0.5, 0.6) is 0 Å². The molecule has 1 N–H and O–H groups in total. The maximum absolute atomic E-state index is 9.77. The van der Waals surface area contributed by atoms with Crippen molar-refractivity contribution in [3.8, 4) is 11.8 Å². The number of unbranched alkanes of at least 4 members (excludes halogenated alkanes) is 1. The maximum atomic E-state index is 9.77. The van der Waals surface area contributed by atoms with Crippen molar-refractivity contribution in [3.63, 3.8) is 0 Å². The van der Waals surface area contributed by atoms with E-state index in [1.165, 1.54) is 0 Å². The number of carbonyl (C=O) groups is 1. The molecule has 0 aromatic carbocycles. The van der Waals surface area contributed by atoms with Gasteiger partial charge >= 0.3 is 6.16 Å². The number of hydrogen-bond donors (Lipinski definition) is 1. The highest BCUT2D eigenvalue weighted by atomic mass is 16.7. The minimum Gasteiger partial charge on any atom is -0.450 e. The van der Waals surface area contributed by atoms with Crippen LogP contribution < -0.4 is 0 Å². The van der Waals surface area contributed by atoms with Crippen molar-refractivity contribution in [2.75, 3.05) is 6.61 Å². The predicted octanol–water partition coefficient (Wildman–Crippen LogP) is 1.48. The van der Waals surface area contributed by atoms with Crippen LogP contribution in [0.3, 0.4) is 0 Å². The lowest BCUT2D eigenvalue weighted by Gasteiger charge is -1.94. The number of rotatable bonds is 3. The Labute approximate surface area is 60.0 Å². The molecule has 0 fully saturated rings. The van der Waals surface area contributed by atoms with Gasteiger partial charge in [0, 0.05) is 6.42 Å². The SMILES string of the molecule is CC#CCCCOC(=O)O. The van der Waals surface area contributed by atoms with Gasteiger partial charge in [-0.3, -0.25) is 0 Å². The van der Waals surface area contributed by atoms with Gasteiger partial charge in [-0.05, 0) is 13.3 Å². The molecule has 0 unspecified atom stereocenters. The molecule has 0 aliphatic rings. The second-order valence-electron chi connectivity index (χ2n) is 1.64. The van der Waals surface area contributed by atoms with Gasteiger partial charge in [0.15, 0.2) is 0 Å². The van der Waals surface area contributed by atoms with Crippen LogP contribution in [0.2, 0.25) is 0 Å². The first-order valence-electron chi connectivity index (χ1n) is 3.02. The molecule has 0 aliphatic carbocycles. The van der Waals surface area contributed by atoms with Crippen molar-refractivity contribution in [3.05, 3.63) is 0 Å². The van der Waals surface area contributed by atoms with Gasteiger partial charge in [-0.1, -0.05) is 0 Å². The van der Waals surface area contributed by atoms with Crippen LogP contribution in [0, 0.1) is 11.8 Å². The molecule has 10 heavy (non-hydrogen) atoms. The van der Waals surface area contributed by atoms with E-state index in [1.807, 2.05) is 0 Å². The Bertz CT molecular complexity index is 152. The monoisotopic (exact) mass is 142 g/mol. The molecule has 0 aromatic heterocycles. The van der Waals surface area contributed by atoms with Gasteiger partial charge in [-0.15, -0.1) is 11.8 Å². The summed E-state index contributed by atoms with van der Waals surface area (Å²) in [6, 6.07) is 0. The molecule has 3 nitrogen and oxygen atoms in total. The molecule has 0 saturated carbocycles. The van der Waals surface area contributed by atoms with Gasteiger partial charge in [0.25, 0.3) is 0 Å². The molecule has 0 atom stereocenters. The molecule has 0 rings (SSSR count). The van der Waals surface area contributed by atoms with Crippen molar-refractivity contribution in [1.29, 1.82) is 0 Å². The smallest absolute Gasteiger partial charge is 0.450 e. The van der Waals surface area contributed by atoms with Crippen LogP contribution in [0.25, 0.3) is 0 Å². The van der Waals surface area contributed by atoms with Crippen LogP contribution in [-0.4, -0.2) is 17.9 Å². The van der Waals surface area contributed by atoms with E-state index in [-0.39, 0.29) is 6.61 Å². The summed E-state index contributed by atoms with van der Waals surface area (Å²) in [5, 5.41) is 8.01. The van der Waals surface area contributed by atoms with Crippen LogP contribution in [0.1, 0.15) is 19.8 Å². The Morgan fingerprint density at radius 1 is 1.70 bits per heavy atom. The topological polar surface area (TPSA) is 46.5 Å². The third-order valence-corrected chi connectivity index (χ3v) is 0.848. The van der Waals surface area contributed by atoms with E-state index in [2.05, 4.69) is 16.6 Å². The normalized spacial score (nSPS) is 7.70. The highest BCUT2D eigenvalue weighted by Crippen LogP contribution is 1.87. The van der Waals surface area contributed by atoms with Crippen LogP contribution in [0.4, 0.5) is 4.79 Å². The van der Waals surface area contributed by atoms with Crippen molar-refractivity contribution in [2.45, 2.75) is 19.8 Å². The van der Waals surface area contributed by atoms with Crippen LogP contribution in [0.15, 0.2) is 0 Å². The molecule has 0 aliphatic heterocycles. The first-order chi connectivity index (χ1) is 4.77. The standard InChI is InChI=1S/C7H10O3/c1-2-3-4-5-6-10-7(8)9/h4-6H2,1H3,(H,8,9). The summed E-state index contributed by atoms with van der Waals surface area (Å²) < 4.78 is 4.24. The zero-order chi connectivity index (χ0) is 7.82. The van der Waals surface area contributed by atoms with Gasteiger partial charge < -0.3 is 9.84 Å². The summed E-state index contributed by atoms with van der Waals surface area (Å²) in [4.78, 5) is 9.77. The number of hydrogen-bond acceptors (Lipinski definition) is 2. The van der Waals surface area contributed by atoms with Gasteiger partial charge in [-0.25, -0.2) is 4.79 Å². The molecule has 0 saturated heterocycles. The summed E-state index contributed by atoms with van der Waals surface area (Å²) in [7, 11) is 0. The Kier molecular flexibility index (Phi) is 5.26. The first-order valence-corrected chi connectivity index (χ1v) is 3.02.